The number of aromatic nitrogens is 3. The summed E-state index contributed by atoms with van der Waals surface area (Å²) in [6.07, 6.45) is 0. The van der Waals surface area contributed by atoms with Crippen LogP contribution in [0.25, 0.3) is 16.7 Å². The molecule has 1 N–H and O–H groups in total. The number of carbonyl (C=O) groups excluding carboxylic acids is 1. The van der Waals surface area contributed by atoms with Gasteiger partial charge in [0, 0.05) is 11.6 Å². The molecular formula is C20H14ClN5O4. The number of hydrogen-bond donors (Lipinski definition) is 1. The fourth-order valence-electron chi connectivity index (χ4n) is 2.88. The maximum Gasteiger partial charge on any atom is 0.311 e. The van der Waals surface area contributed by atoms with Crippen LogP contribution in [0.5, 0.6) is 5.75 Å². The van der Waals surface area contributed by atoms with Gasteiger partial charge < -0.3 is 10.1 Å². The predicted octanol–water partition coefficient (Wildman–Crippen LogP) is 4.24. The fraction of sp³-hybridized carbons (Fsp3) is 0.0500. The van der Waals surface area contributed by atoms with Gasteiger partial charge in [-0.15, -0.1) is 10.2 Å². The van der Waals surface area contributed by atoms with Gasteiger partial charge in [0.05, 0.1) is 28.4 Å². The first-order chi connectivity index (χ1) is 14.5. The van der Waals surface area contributed by atoms with E-state index in [1.54, 1.807) is 12.1 Å². The van der Waals surface area contributed by atoms with Gasteiger partial charge in [-0.2, -0.15) is 4.80 Å². The normalized spacial score (nSPS) is 10.7. The highest BCUT2D eigenvalue weighted by atomic mass is 35.5. The monoisotopic (exact) mass is 423 g/mol. The van der Waals surface area contributed by atoms with Gasteiger partial charge >= 0.3 is 5.69 Å². The molecule has 9 nitrogen and oxygen atoms in total. The number of hydrogen-bond acceptors (Lipinski definition) is 6. The van der Waals surface area contributed by atoms with Crippen molar-refractivity contribution in [1.29, 1.82) is 0 Å². The summed E-state index contributed by atoms with van der Waals surface area (Å²) in [5.41, 5.74) is 1.96. The number of benzene rings is 3. The number of para-hydroxylation sites is 1. The summed E-state index contributed by atoms with van der Waals surface area (Å²) in [6, 6.07) is 16.5. The molecule has 0 aliphatic heterocycles. The van der Waals surface area contributed by atoms with Crippen LogP contribution in [-0.4, -0.2) is 32.9 Å². The molecule has 0 fully saturated rings. The number of nitrogens with one attached hydrogen (secondary N) is 1. The average molecular weight is 424 g/mol. The third-order valence-electron chi connectivity index (χ3n) is 4.34. The van der Waals surface area contributed by atoms with Crippen molar-refractivity contribution in [3.8, 4) is 11.4 Å². The second-order valence-corrected chi connectivity index (χ2v) is 6.65. The van der Waals surface area contributed by atoms with Gasteiger partial charge in [-0.05, 0) is 36.4 Å². The number of rotatable bonds is 5. The van der Waals surface area contributed by atoms with E-state index in [1.807, 2.05) is 30.3 Å². The Kier molecular flexibility index (Phi) is 5.03. The molecule has 0 saturated heterocycles. The number of amides is 1. The van der Waals surface area contributed by atoms with Gasteiger partial charge in [-0.3, -0.25) is 14.9 Å². The van der Waals surface area contributed by atoms with Crippen molar-refractivity contribution in [2.24, 2.45) is 0 Å². The number of anilines is 1. The Bertz CT molecular complexity index is 1270. The summed E-state index contributed by atoms with van der Waals surface area (Å²) in [6.45, 7) is 0. The lowest BCUT2D eigenvalue weighted by molar-refractivity contribution is -0.385. The molecule has 30 heavy (non-hydrogen) atoms. The van der Waals surface area contributed by atoms with Crippen LogP contribution < -0.4 is 10.1 Å². The molecule has 0 unspecified atom stereocenters. The van der Waals surface area contributed by atoms with E-state index in [4.69, 9.17) is 16.3 Å². The molecule has 0 aliphatic rings. The number of methoxy groups -OCH3 is 1. The van der Waals surface area contributed by atoms with Crippen LogP contribution in [0.2, 0.25) is 5.02 Å². The van der Waals surface area contributed by atoms with Crippen LogP contribution in [0.3, 0.4) is 0 Å². The standard InChI is InChI=1S/C20H14ClN5O4/c1-30-19-8-7-12(9-18(19)26(28)29)20(27)22-15-11-17-16(10-14(15)21)23-25(24-17)13-5-3-2-4-6-13/h2-11H,1H3,(H,22,27). The Balaban J connectivity index is 1.65. The SMILES string of the molecule is COc1ccc(C(=O)Nc2cc3nn(-c4ccccc4)nc3cc2Cl)cc1[N+](=O)[O-]. The van der Waals surface area contributed by atoms with Crippen molar-refractivity contribution in [2.45, 2.75) is 0 Å². The van der Waals surface area contributed by atoms with Crippen LogP contribution in [0.1, 0.15) is 10.4 Å². The molecular weight excluding hydrogens is 410 g/mol. The van der Waals surface area contributed by atoms with Crippen molar-refractivity contribution in [1.82, 2.24) is 15.0 Å². The average Bonchev–Trinajstić information content (AvgIpc) is 3.16. The lowest BCUT2D eigenvalue weighted by Crippen LogP contribution is -2.12. The van der Waals surface area contributed by atoms with Crippen molar-refractivity contribution >= 4 is 39.9 Å². The number of nitrogens with zero attached hydrogens (tertiary/aromatic N) is 4. The highest BCUT2D eigenvalue weighted by Crippen LogP contribution is 2.30. The highest BCUT2D eigenvalue weighted by molar-refractivity contribution is 6.34. The quantitative estimate of drug-likeness (QED) is 0.379. The van der Waals surface area contributed by atoms with Gasteiger partial charge in [0.2, 0.25) is 0 Å². The molecule has 150 valence electrons. The maximum absolute atomic E-state index is 12.6. The van der Waals surface area contributed by atoms with Crippen molar-refractivity contribution in [2.75, 3.05) is 12.4 Å². The van der Waals surface area contributed by atoms with Gasteiger partial charge in [0.15, 0.2) is 5.75 Å². The Morgan fingerprint density at radius 1 is 1.10 bits per heavy atom. The summed E-state index contributed by atoms with van der Waals surface area (Å²) >= 11 is 6.30. The van der Waals surface area contributed by atoms with Crippen LogP contribution in [0.4, 0.5) is 11.4 Å². The molecule has 0 atom stereocenters. The van der Waals surface area contributed by atoms with Crippen LogP contribution in [0.15, 0.2) is 60.7 Å². The second-order valence-electron chi connectivity index (χ2n) is 6.24. The molecule has 1 amide bonds. The zero-order chi connectivity index (χ0) is 21.3. The lowest BCUT2D eigenvalue weighted by Gasteiger charge is -2.08. The summed E-state index contributed by atoms with van der Waals surface area (Å²) in [7, 11) is 1.32. The Hall–Kier alpha value is -3.98. The molecule has 4 aromatic rings. The second kappa shape index (κ2) is 7.80. The van der Waals surface area contributed by atoms with E-state index >= 15 is 0 Å². The molecule has 4 rings (SSSR count). The fourth-order valence-corrected chi connectivity index (χ4v) is 3.08. The lowest BCUT2D eigenvalue weighted by atomic mass is 10.1. The molecule has 0 bridgehead atoms. The first-order valence-electron chi connectivity index (χ1n) is 8.72. The van der Waals surface area contributed by atoms with Crippen LogP contribution in [0, 0.1) is 10.1 Å². The molecule has 10 heteroatoms. The van der Waals surface area contributed by atoms with E-state index in [1.165, 1.54) is 24.0 Å². The van der Waals surface area contributed by atoms with Gasteiger partial charge in [-0.1, -0.05) is 29.8 Å². The molecule has 0 radical (unpaired) electrons. The number of nitro groups is 1. The van der Waals surface area contributed by atoms with E-state index in [-0.39, 0.29) is 22.0 Å². The van der Waals surface area contributed by atoms with Crippen molar-refractivity contribution in [3.63, 3.8) is 0 Å². The molecule has 0 saturated carbocycles. The minimum absolute atomic E-state index is 0.0635. The molecule has 0 spiro atoms. The number of fused-ring (bicyclic) bond motifs is 1. The van der Waals surface area contributed by atoms with E-state index in [0.717, 1.165) is 11.8 Å². The molecule has 1 heterocycles. The van der Waals surface area contributed by atoms with Gasteiger partial charge in [0.25, 0.3) is 5.91 Å². The molecule has 3 aromatic carbocycles. The first kappa shape index (κ1) is 19.3. The van der Waals surface area contributed by atoms with Gasteiger partial charge in [-0.25, -0.2) is 0 Å². The predicted molar refractivity (Wildman–Crippen MR) is 111 cm³/mol. The Morgan fingerprint density at radius 3 is 2.47 bits per heavy atom. The largest absolute Gasteiger partial charge is 0.490 e. The molecule has 1 aromatic heterocycles. The number of nitro benzene ring substituents is 1. The molecule has 0 aliphatic carbocycles. The topological polar surface area (TPSA) is 112 Å². The van der Waals surface area contributed by atoms with Crippen LogP contribution in [-0.2, 0) is 0 Å². The van der Waals surface area contributed by atoms with E-state index in [0.29, 0.717) is 16.7 Å². The van der Waals surface area contributed by atoms with E-state index < -0.39 is 10.8 Å². The van der Waals surface area contributed by atoms with E-state index in [2.05, 4.69) is 15.5 Å². The third-order valence-corrected chi connectivity index (χ3v) is 4.65. The zero-order valence-corrected chi connectivity index (χ0v) is 16.3. The Labute approximate surface area is 175 Å². The van der Waals surface area contributed by atoms with Gasteiger partial charge in [0.1, 0.15) is 11.0 Å². The highest BCUT2D eigenvalue weighted by Gasteiger charge is 2.19. The van der Waals surface area contributed by atoms with Crippen molar-refractivity contribution in [3.05, 3.63) is 81.4 Å². The first-order valence-corrected chi connectivity index (χ1v) is 9.10. The zero-order valence-electron chi connectivity index (χ0n) is 15.6. The Morgan fingerprint density at radius 2 is 1.80 bits per heavy atom. The number of ether oxygens (including phenoxy) is 1. The summed E-state index contributed by atoms with van der Waals surface area (Å²) in [5.74, 6) is -0.494. The minimum Gasteiger partial charge on any atom is -0.490 e. The summed E-state index contributed by atoms with van der Waals surface area (Å²) in [4.78, 5) is 24.7. The van der Waals surface area contributed by atoms with Crippen LogP contribution >= 0.6 is 11.6 Å². The number of halogens is 1. The van der Waals surface area contributed by atoms with E-state index in [9.17, 15) is 14.9 Å². The third kappa shape index (κ3) is 3.65. The smallest absolute Gasteiger partial charge is 0.311 e. The van der Waals surface area contributed by atoms with Crippen molar-refractivity contribution < 1.29 is 14.5 Å². The maximum atomic E-state index is 12.6. The minimum atomic E-state index is -0.615. The number of carbonyl (C=O) groups is 1. The summed E-state index contributed by atoms with van der Waals surface area (Å²) < 4.78 is 4.95. The summed E-state index contributed by atoms with van der Waals surface area (Å²) in [5, 5.41) is 22.9.